The van der Waals surface area contributed by atoms with Gasteiger partial charge in [-0.3, -0.25) is 9.78 Å². The quantitative estimate of drug-likeness (QED) is 0.745. The Bertz CT molecular complexity index is 600. The van der Waals surface area contributed by atoms with Crippen molar-refractivity contribution in [3.05, 3.63) is 30.1 Å². The van der Waals surface area contributed by atoms with Gasteiger partial charge in [-0.2, -0.15) is 4.31 Å². The van der Waals surface area contributed by atoms with E-state index < -0.39 is 10.0 Å². The van der Waals surface area contributed by atoms with Crippen LogP contribution in [0.3, 0.4) is 0 Å². The Morgan fingerprint density at radius 2 is 2.35 bits per heavy atom. The van der Waals surface area contributed by atoms with E-state index >= 15 is 0 Å². The highest BCUT2D eigenvalue weighted by atomic mass is 32.2. The summed E-state index contributed by atoms with van der Waals surface area (Å²) >= 11 is 0. The molecule has 1 aromatic heterocycles. The Morgan fingerprint density at radius 1 is 1.52 bits per heavy atom. The Balaban J connectivity index is 1.79. The van der Waals surface area contributed by atoms with E-state index in [2.05, 4.69) is 10.3 Å². The number of carbonyl (C=O) groups is 1. The van der Waals surface area contributed by atoms with E-state index in [4.69, 9.17) is 4.74 Å². The van der Waals surface area contributed by atoms with Crippen LogP contribution in [0.5, 0.6) is 0 Å². The van der Waals surface area contributed by atoms with E-state index in [0.29, 0.717) is 19.7 Å². The van der Waals surface area contributed by atoms with Crippen molar-refractivity contribution < 1.29 is 17.9 Å². The fraction of sp³-hybridized carbons (Fsp3) is 0.600. The Kier molecular flexibility index (Phi) is 6.49. The van der Waals surface area contributed by atoms with Crippen LogP contribution in [0.25, 0.3) is 0 Å². The molecule has 1 N–H and O–H groups in total. The number of hydrogen-bond donors (Lipinski definition) is 1. The number of ether oxygens (including phenoxy) is 1. The number of carbonyl (C=O) groups excluding carboxylic acids is 1. The molecule has 8 heteroatoms. The maximum Gasteiger partial charge on any atom is 0.221 e. The minimum atomic E-state index is -3.35. The summed E-state index contributed by atoms with van der Waals surface area (Å²) in [6.45, 7) is 1.54. The minimum absolute atomic E-state index is 0.0665. The molecule has 1 aliphatic rings. The van der Waals surface area contributed by atoms with Crippen molar-refractivity contribution in [2.24, 2.45) is 0 Å². The molecule has 0 radical (unpaired) electrons. The normalized spacial score (nSPS) is 18.3. The smallest absolute Gasteiger partial charge is 0.221 e. The van der Waals surface area contributed by atoms with Crippen molar-refractivity contribution in [1.29, 1.82) is 0 Å². The zero-order valence-electron chi connectivity index (χ0n) is 13.3. The lowest BCUT2D eigenvalue weighted by molar-refractivity contribution is -0.121. The largest absolute Gasteiger partial charge is 0.377 e. The van der Waals surface area contributed by atoms with Gasteiger partial charge in [0.25, 0.3) is 0 Å². The second-order valence-corrected chi connectivity index (χ2v) is 7.63. The maximum absolute atomic E-state index is 11.9. The molecule has 128 valence electrons. The molecule has 1 atom stereocenters. The molecule has 0 bridgehead atoms. The van der Waals surface area contributed by atoms with Crippen LogP contribution in [-0.4, -0.2) is 55.7 Å². The summed E-state index contributed by atoms with van der Waals surface area (Å²) in [5, 5.41) is 2.77. The number of amides is 1. The minimum Gasteiger partial charge on any atom is -0.377 e. The standard InChI is InChI=1S/C15H23N3O4S/c1-23(20,21)18(12-14-5-3-9-22-14)8-6-15(19)17-11-13-4-2-7-16-10-13/h2,4,7,10,14H,3,5-6,8-9,11-12H2,1H3,(H,17,19). The molecule has 1 saturated heterocycles. The summed E-state index contributed by atoms with van der Waals surface area (Å²) in [7, 11) is -3.35. The maximum atomic E-state index is 11.9. The first-order valence-electron chi connectivity index (χ1n) is 7.67. The lowest BCUT2D eigenvalue weighted by Crippen LogP contribution is -2.39. The highest BCUT2D eigenvalue weighted by Gasteiger charge is 2.24. The van der Waals surface area contributed by atoms with Crippen LogP contribution in [0.2, 0.25) is 0 Å². The fourth-order valence-electron chi connectivity index (χ4n) is 2.43. The molecule has 1 aromatic rings. The summed E-state index contributed by atoms with van der Waals surface area (Å²) < 4.78 is 30.5. The van der Waals surface area contributed by atoms with Crippen LogP contribution in [0.1, 0.15) is 24.8 Å². The first-order chi connectivity index (χ1) is 10.9. The molecule has 0 saturated carbocycles. The molecular weight excluding hydrogens is 318 g/mol. The number of aromatic nitrogens is 1. The van der Waals surface area contributed by atoms with Gasteiger partial charge in [0.2, 0.25) is 15.9 Å². The second kappa shape index (κ2) is 8.37. The van der Waals surface area contributed by atoms with Crippen LogP contribution in [-0.2, 0) is 26.1 Å². The number of nitrogens with one attached hydrogen (secondary N) is 1. The summed E-state index contributed by atoms with van der Waals surface area (Å²) in [4.78, 5) is 15.9. The molecular formula is C15H23N3O4S. The molecule has 1 amide bonds. The molecule has 2 rings (SSSR count). The molecule has 1 aliphatic heterocycles. The van der Waals surface area contributed by atoms with Gasteiger partial charge in [0.05, 0.1) is 12.4 Å². The fourth-order valence-corrected chi connectivity index (χ4v) is 3.29. The molecule has 1 fully saturated rings. The van der Waals surface area contributed by atoms with Gasteiger partial charge < -0.3 is 10.1 Å². The van der Waals surface area contributed by atoms with Crippen molar-refractivity contribution in [2.75, 3.05) is 26.0 Å². The number of hydrogen-bond acceptors (Lipinski definition) is 5. The number of pyridine rings is 1. The monoisotopic (exact) mass is 341 g/mol. The van der Waals surface area contributed by atoms with Gasteiger partial charge in [-0.25, -0.2) is 8.42 Å². The van der Waals surface area contributed by atoms with Crippen molar-refractivity contribution in [3.8, 4) is 0 Å². The highest BCUT2D eigenvalue weighted by Crippen LogP contribution is 2.15. The van der Waals surface area contributed by atoms with Gasteiger partial charge >= 0.3 is 0 Å². The highest BCUT2D eigenvalue weighted by molar-refractivity contribution is 7.88. The van der Waals surface area contributed by atoms with Crippen LogP contribution in [0.15, 0.2) is 24.5 Å². The molecule has 0 aliphatic carbocycles. The van der Waals surface area contributed by atoms with E-state index in [1.807, 2.05) is 6.07 Å². The van der Waals surface area contributed by atoms with Crippen molar-refractivity contribution in [2.45, 2.75) is 31.9 Å². The van der Waals surface area contributed by atoms with Gasteiger partial charge in [0, 0.05) is 45.1 Å². The third-order valence-electron chi connectivity index (χ3n) is 3.70. The van der Waals surface area contributed by atoms with Crippen LogP contribution >= 0.6 is 0 Å². The van der Waals surface area contributed by atoms with Crippen LogP contribution in [0.4, 0.5) is 0 Å². The van der Waals surface area contributed by atoms with Gasteiger partial charge in [-0.05, 0) is 24.5 Å². The summed E-state index contributed by atoms with van der Waals surface area (Å²) in [6, 6.07) is 3.67. The molecule has 0 spiro atoms. The van der Waals surface area contributed by atoms with Crippen LogP contribution < -0.4 is 5.32 Å². The van der Waals surface area contributed by atoms with Gasteiger partial charge in [-0.1, -0.05) is 6.07 Å². The zero-order chi connectivity index (χ0) is 16.7. The Hall–Kier alpha value is -1.51. The SMILES string of the molecule is CS(=O)(=O)N(CCC(=O)NCc1cccnc1)CC1CCCO1. The van der Waals surface area contributed by atoms with Gasteiger partial charge in [-0.15, -0.1) is 0 Å². The first kappa shape index (κ1) is 17.8. The van der Waals surface area contributed by atoms with E-state index in [-0.39, 0.29) is 25.0 Å². The van der Waals surface area contributed by atoms with Crippen molar-refractivity contribution >= 4 is 15.9 Å². The van der Waals surface area contributed by atoms with Crippen molar-refractivity contribution in [3.63, 3.8) is 0 Å². The lowest BCUT2D eigenvalue weighted by atomic mass is 10.2. The molecule has 23 heavy (non-hydrogen) atoms. The predicted octanol–water partition coefficient (Wildman–Crippen LogP) is 0.529. The second-order valence-electron chi connectivity index (χ2n) is 5.64. The predicted molar refractivity (Wildman–Crippen MR) is 86.1 cm³/mol. The van der Waals surface area contributed by atoms with E-state index in [1.54, 1.807) is 18.5 Å². The summed E-state index contributed by atoms with van der Waals surface area (Å²) in [5.41, 5.74) is 0.903. The number of sulfonamides is 1. The van der Waals surface area contributed by atoms with Crippen LogP contribution in [0, 0.1) is 0 Å². The molecule has 1 unspecified atom stereocenters. The average Bonchev–Trinajstić information content (AvgIpc) is 3.02. The molecule has 2 heterocycles. The average molecular weight is 341 g/mol. The first-order valence-corrected chi connectivity index (χ1v) is 9.52. The van der Waals surface area contributed by atoms with E-state index in [0.717, 1.165) is 24.7 Å². The van der Waals surface area contributed by atoms with Gasteiger partial charge in [0.1, 0.15) is 0 Å². The van der Waals surface area contributed by atoms with Crippen molar-refractivity contribution in [1.82, 2.24) is 14.6 Å². The van der Waals surface area contributed by atoms with E-state index in [1.165, 1.54) is 4.31 Å². The third kappa shape index (κ3) is 6.25. The molecule has 7 nitrogen and oxygen atoms in total. The lowest BCUT2D eigenvalue weighted by Gasteiger charge is -2.22. The number of rotatable bonds is 8. The summed E-state index contributed by atoms with van der Waals surface area (Å²) in [5.74, 6) is -0.185. The molecule has 0 aromatic carbocycles. The topological polar surface area (TPSA) is 88.6 Å². The van der Waals surface area contributed by atoms with E-state index in [9.17, 15) is 13.2 Å². The Morgan fingerprint density at radius 3 is 2.96 bits per heavy atom. The Labute approximate surface area is 137 Å². The summed E-state index contributed by atoms with van der Waals surface area (Å²) in [6.07, 6.45) is 6.38. The van der Waals surface area contributed by atoms with Gasteiger partial charge in [0.15, 0.2) is 0 Å². The number of nitrogens with zero attached hydrogens (tertiary/aromatic N) is 2. The zero-order valence-corrected chi connectivity index (χ0v) is 14.1. The third-order valence-corrected chi connectivity index (χ3v) is 4.97.